The zero-order chi connectivity index (χ0) is 23.3. The van der Waals surface area contributed by atoms with Crippen LogP contribution in [0.25, 0.3) is 5.69 Å². The molecule has 0 aliphatic heterocycles. The molecule has 0 radical (unpaired) electrons. The second kappa shape index (κ2) is 9.00. The summed E-state index contributed by atoms with van der Waals surface area (Å²) in [5.41, 5.74) is 8.86. The van der Waals surface area contributed by atoms with E-state index in [1.165, 1.54) is 18.2 Å². The van der Waals surface area contributed by atoms with Crippen LogP contribution in [0.15, 0.2) is 66.9 Å². The summed E-state index contributed by atoms with van der Waals surface area (Å²) in [7, 11) is 0. The number of ether oxygens (including phenoxy) is 1. The Labute approximate surface area is 179 Å². The number of aromatic nitrogens is 1. The van der Waals surface area contributed by atoms with Gasteiger partial charge in [-0.05, 0) is 60.7 Å². The van der Waals surface area contributed by atoms with Gasteiger partial charge >= 0.3 is 18.4 Å². The van der Waals surface area contributed by atoms with E-state index >= 15 is 0 Å². The number of hydrazine groups is 1. The highest BCUT2D eigenvalue weighted by Gasteiger charge is 2.31. The SMILES string of the molecule is N#Cc1ccc(-n2cccc2N(NC(=O)Nc2ccc(OC(F)(F)F)cc2)C(N)=O)cc1. The summed E-state index contributed by atoms with van der Waals surface area (Å²) >= 11 is 0. The molecule has 0 bridgehead atoms. The van der Waals surface area contributed by atoms with E-state index in [1.807, 2.05) is 6.07 Å². The first-order chi connectivity index (χ1) is 15.2. The van der Waals surface area contributed by atoms with Gasteiger partial charge in [-0.15, -0.1) is 13.2 Å². The number of amides is 4. The molecule has 0 saturated heterocycles. The van der Waals surface area contributed by atoms with Gasteiger partial charge < -0.3 is 20.4 Å². The first kappa shape index (κ1) is 22.0. The number of hydrogen-bond donors (Lipinski definition) is 3. The zero-order valence-corrected chi connectivity index (χ0v) is 16.1. The summed E-state index contributed by atoms with van der Waals surface area (Å²) < 4.78 is 42.0. The van der Waals surface area contributed by atoms with Crippen LogP contribution in [0.3, 0.4) is 0 Å². The molecule has 9 nitrogen and oxygen atoms in total. The number of carbonyl (C=O) groups is 2. The molecule has 1 aromatic heterocycles. The Bertz CT molecular complexity index is 1150. The molecule has 12 heteroatoms. The van der Waals surface area contributed by atoms with Crippen molar-refractivity contribution in [2.75, 3.05) is 10.3 Å². The van der Waals surface area contributed by atoms with Gasteiger partial charge in [-0.2, -0.15) is 10.3 Å². The van der Waals surface area contributed by atoms with Crippen molar-refractivity contribution in [3.05, 3.63) is 72.4 Å². The van der Waals surface area contributed by atoms with E-state index in [-0.39, 0.29) is 11.5 Å². The lowest BCUT2D eigenvalue weighted by Crippen LogP contribution is -2.51. The van der Waals surface area contributed by atoms with Crippen molar-refractivity contribution < 1.29 is 27.5 Å². The third kappa shape index (κ3) is 5.48. The molecule has 3 aromatic rings. The molecule has 32 heavy (non-hydrogen) atoms. The number of primary amides is 1. The summed E-state index contributed by atoms with van der Waals surface area (Å²) in [4.78, 5) is 24.3. The number of nitrogens with one attached hydrogen (secondary N) is 2. The molecule has 0 aliphatic carbocycles. The van der Waals surface area contributed by atoms with Crippen LogP contribution >= 0.6 is 0 Å². The number of nitrogens with two attached hydrogens (primary N) is 1. The normalized spacial score (nSPS) is 10.7. The van der Waals surface area contributed by atoms with Crippen LogP contribution in [0.1, 0.15) is 5.56 Å². The van der Waals surface area contributed by atoms with Gasteiger partial charge in [0, 0.05) is 17.6 Å². The molecule has 4 N–H and O–H groups in total. The maximum atomic E-state index is 12.3. The van der Waals surface area contributed by atoms with E-state index in [9.17, 15) is 22.8 Å². The molecule has 0 aliphatic rings. The van der Waals surface area contributed by atoms with Crippen molar-refractivity contribution >= 4 is 23.6 Å². The number of hydrogen-bond acceptors (Lipinski definition) is 4. The molecular weight excluding hydrogens is 429 g/mol. The third-order valence-corrected chi connectivity index (χ3v) is 4.01. The number of urea groups is 2. The zero-order valence-electron chi connectivity index (χ0n) is 16.1. The number of rotatable bonds is 4. The average Bonchev–Trinajstić information content (AvgIpc) is 3.21. The standard InChI is InChI=1S/C20H15F3N6O3/c21-20(22,23)32-16-9-5-14(6-10-16)26-19(31)27-29(18(25)30)17-2-1-11-28(17)15-7-3-13(12-24)4-8-15/h1-11H,(H2,25,30)(H2,26,27,31). The predicted molar refractivity (Wildman–Crippen MR) is 108 cm³/mol. The summed E-state index contributed by atoms with van der Waals surface area (Å²) in [5, 5.41) is 12.1. The van der Waals surface area contributed by atoms with E-state index in [0.717, 1.165) is 17.1 Å². The second-order valence-electron chi connectivity index (χ2n) is 6.21. The maximum Gasteiger partial charge on any atom is 0.573 e. The molecule has 0 unspecified atom stereocenters. The minimum absolute atomic E-state index is 0.143. The van der Waals surface area contributed by atoms with E-state index in [4.69, 9.17) is 11.0 Å². The lowest BCUT2D eigenvalue weighted by Gasteiger charge is -2.23. The van der Waals surface area contributed by atoms with Gasteiger partial charge in [-0.25, -0.2) is 15.0 Å². The summed E-state index contributed by atoms with van der Waals surface area (Å²) in [5.74, 6) is -0.256. The lowest BCUT2D eigenvalue weighted by atomic mass is 10.2. The molecule has 164 valence electrons. The van der Waals surface area contributed by atoms with Crippen LogP contribution in [0.5, 0.6) is 5.75 Å². The van der Waals surface area contributed by atoms with Crippen molar-refractivity contribution in [1.29, 1.82) is 5.26 Å². The fraction of sp³-hybridized carbons (Fsp3) is 0.0500. The van der Waals surface area contributed by atoms with Gasteiger partial charge in [0.25, 0.3) is 0 Å². The number of alkyl halides is 3. The second-order valence-corrected chi connectivity index (χ2v) is 6.21. The van der Waals surface area contributed by atoms with Crippen LogP contribution in [0, 0.1) is 11.3 Å². The highest BCUT2D eigenvalue weighted by atomic mass is 19.4. The monoisotopic (exact) mass is 444 g/mol. The Kier molecular flexibility index (Phi) is 6.20. The highest BCUT2D eigenvalue weighted by molar-refractivity contribution is 5.97. The Hall–Kier alpha value is -4.66. The molecule has 0 saturated carbocycles. The van der Waals surface area contributed by atoms with Crippen molar-refractivity contribution in [3.63, 3.8) is 0 Å². The Morgan fingerprint density at radius 3 is 2.28 bits per heavy atom. The minimum Gasteiger partial charge on any atom is -0.406 e. The third-order valence-electron chi connectivity index (χ3n) is 4.01. The smallest absolute Gasteiger partial charge is 0.406 e. The summed E-state index contributed by atoms with van der Waals surface area (Å²) in [6.45, 7) is 0. The Morgan fingerprint density at radius 1 is 1.06 bits per heavy atom. The van der Waals surface area contributed by atoms with Crippen molar-refractivity contribution in [2.45, 2.75) is 6.36 Å². The van der Waals surface area contributed by atoms with Gasteiger partial charge in [0.2, 0.25) is 0 Å². The number of halogens is 3. The van der Waals surface area contributed by atoms with Crippen LogP contribution in [-0.2, 0) is 0 Å². The van der Waals surface area contributed by atoms with E-state index < -0.39 is 24.2 Å². The molecular formula is C20H15F3N6O3. The molecule has 0 fully saturated rings. The number of nitrogens with zero attached hydrogens (tertiary/aromatic N) is 3. The first-order valence-corrected chi connectivity index (χ1v) is 8.87. The molecule has 1 heterocycles. The van der Waals surface area contributed by atoms with E-state index in [1.54, 1.807) is 41.1 Å². The minimum atomic E-state index is -4.84. The predicted octanol–water partition coefficient (Wildman–Crippen LogP) is 3.87. The highest BCUT2D eigenvalue weighted by Crippen LogP contribution is 2.24. The topological polar surface area (TPSA) is 125 Å². The van der Waals surface area contributed by atoms with Crippen LogP contribution < -0.4 is 26.2 Å². The van der Waals surface area contributed by atoms with Crippen LogP contribution in [-0.4, -0.2) is 23.0 Å². The quantitative estimate of drug-likeness (QED) is 0.528. The number of carbonyl (C=O) groups excluding carboxylic acids is 2. The molecule has 3 rings (SSSR count). The molecule has 4 amide bonds. The molecule has 0 atom stereocenters. The van der Waals surface area contributed by atoms with E-state index in [0.29, 0.717) is 11.3 Å². The first-order valence-electron chi connectivity index (χ1n) is 8.87. The van der Waals surface area contributed by atoms with Crippen LogP contribution in [0.4, 0.5) is 34.3 Å². The van der Waals surface area contributed by atoms with Crippen molar-refractivity contribution in [2.24, 2.45) is 5.73 Å². The molecule has 0 spiro atoms. The van der Waals surface area contributed by atoms with Gasteiger partial charge in [-0.1, -0.05) is 0 Å². The Morgan fingerprint density at radius 2 is 1.72 bits per heavy atom. The van der Waals surface area contributed by atoms with E-state index in [2.05, 4.69) is 15.5 Å². The average molecular weight is 444 g/mol. The number of nitriles is 1. The van der Waals surface area contributed by atoms with Gasteiger partial charge in [0.1, 0.15) is 11.6 Å². The lowest BCUT2D eigenvalue weighted by molar-refractivity contribution is -0.274. The van der Waals surface area contributed by atoms with Gasteiger partial charge in [-0.3, -0.25) is 0 Å². The van der Waals surface area contributed by atoms with Crippen molar-refractivity contribution in [3.8, 4) is 17.5 Å². The van der Waals surface area contributed by atoms with Crippen LogP contribution in [0.2, 0.25) is 0 Å². The maximum absolute atomic E-state index is 12.3. The fourth-order valence-corrected chi connectivity index (χ4v) is 2.69. The van der Waals surface area contributed by atoms with Crippen molar-refractivity contribution in [1.82, 2.24) is 9.99 Å². The largest absolute Gasteiger partial charge is 0.573 e. The molecule has 2 aromatic carbocycles. The fourth-order valence-electron chi connectivity index (χ4n) is 2.69. The number of benzene rings is 2. The van der Waals surface area contributed by atoms with Gasteiger partial charge in [0.05, 0.1) is 11.6 Å². The number of anilines is 2. The Balaban J connectivity index is 1.74. The summed E-state index contributed by atoms with van der Waals surface area (Å²) in [6, 6.07) is 14.1. The summed E-state index contributed by atoms with van der Waals surface area (Å²) in [6.07, 6.45) is -3.22. The van der Waals surface area contributed by atoms with Gasteiger partial charge in [0.15, 0.2) is 0 Å².